The van der Waals surface area contributed by atoms with Crippen LogP contribution >= 0.6 is 23.2 Å². The molecule has 142 valence electrons. The van der Waals surface area contributed by atoms with Crippen molar-refractivity contribution in [2.45, 2.75) is 29.9 Å². The fraction of sp³-hybridized carbons (Fsp3) is 0.333. The molecule has 1 heterocycles. The molecule has 0 radical (unpaired) electrons. The largest absolute Gasteiger partial charge is 0.288 e. The van der Waals surface area contributed by atoms with Gasteiger partial charge in [-0.3, -0.25) is 9.89 Å². The van der Waals surface area contributed by atoms with E-state index < -0.39 is 30.9 Å². The third-order valence-electron chi connectivity index (χ3n) is 3.32. The van der Waals surface area contributed by atoms with Gasteiger partial charge in [-0.1, -0.05) is 30.1 Å². The van der Waals surface area contributed by atoms with Gasteiger partial charge in [0.05, 0.1) is 17.3 Å². The Morgan fingerprint density at radius 2 is 1.62 bits per heavy atom. The summed E-state index contributed by atoms with van der Waals surface area (Å²) in [7, 11) is -7.40. The molecule has 0 aliphatic rings. The maximum atomic E-state index is 12.3. The molecule has 1 aromatic carbocycles. The van der Waals surface area contributed by atoms with E-state index in [9.17, 15) is 21.6 Å². The van der Waals surface area contributed by atoms with Crippen molar-refractivity contribution in [1.82, 2.24) is 10.2 Å². The number of aromatic amines is 1. The summed E-state index contributed by atoms with van der Waals surface area (Å²) in [5, 5.41) is 6.17. The Bertz CT molecular complexity index is 1060. The maximum Gasteiger partial charge on any atom is 0.205 e. The number of benzene rings is 1. The van der Waals surface area contributed by atoms with Crippen molar-refractivity contribution in [1.29, 1.82) is 0 Å². The molecule has 0 unspecified atom stereocenters. The van der Waals surface area contributed by atoms with Gasteiger partial charge in [0.15, 0.2) is 24.7 Å². The average Bonchev–Trinajstić information content (AvgIpc) is 2.47. The highest BCUT2D eigenvalue weighted by atomic mass is 35.5. The smallest absolute Gasteiger partial charge is 0.205 e. The summed E-state index contributed by atoms with van der Waals surface area (Å²) in [6.07, 6.45) is 0.378. The Morgan fingerprint density at radius 1 is 1.00 bits per heavy atom. The number of nitrogens with one attached hydrogen (secondary N) is 1. The standard InChI is InChI=1S/C15H16Cl2N2O5S2/c1-2-3-26(23,24)15-7-14(20)13(18-19-15)9-25(21,22)8-10-4-11(16)6-12(17)5-10/h4-7H,2-3,8-9H2,1H3,(H,19,20). The molecule has 0 fully saturated rings. The van der Waals surface area contributed by atoms with Gasteiger partial charge in [-0.15, -0.1) is 0 Å². The van der Waals surface area contributed by atoms with E-state index in [1.165, 1.54) is 18.2 Å². The molecule has 0 saturated heterocycles. The molecule has 0 atom stereocenters. The van der Waals surface area contributed by atoms with Gasteiger partial charge in [0, 0.05) is 16.1 Å². The first-order valence-corrected chi connectivity index (χ1v) is 11.7. The summed E-state index contributed by atoms with van der Waals surface area (Å²) in [5.74, 6) is -1.16. The molecule has 0 bridgehead atoms. The van der Waals surface area contributed by atoms with Gasteiger partial charge in [0.2, 0.25) is 5.43 Å². The second kappa shape index (κ2) is 8.08. The lowest BCUT2D eigenvalue weighted by atomic mass is 10.2. The molecule has 2 aromatic rings. The second-order valence-electron chi connectivity index (χ2n) is 5.67. The summed E-state index contributed by atoms with van der Waals surface area (Å²) in [6.45, 7) is 1.69. The number of H-pyrrole nitrogens is 1. The molecule has 0 saturated carbocycles. The minimum atomic E-state index is -3.75. The molecule has 0 amide bonds. The third kappa shape index (κ3) is 5.54. The van der Waals surface area contributed by atoms with Crippen LogP contribution in [-0.2, 0) is 31.2 Å². The summed E-state index contributed by atoms with van der Waals surface area (Å²) in [5.41, 5.74) is -0.666. The fourth-order valence-electron chi connectivity index (χ4n) is 2.26. The molecular weight excluding hydrogens is 423 g/mol. The van der Waals surface area contributed by atoms with Crippen LogP contribution in [0.1, 0.15) is 24.6 Å². The highest BCUT2D eigenvalue weighted by Crippen LogP contribution is 2.21. The minimum absolute atomic E-state index is 0.141. The fourth-order valence-corrected chi connectivity index (χ4v) is 5.46. The molecule has 2 rings (SSSR count). The van der Waals surface area contributed by atoms with E-state index in [0.717, 1.165) is 6.07 Å². The number of sulfone groups is 2. The molecule has 1 aromatic heterocycles. The molecule has 1 N–H and O–H groups in total. The van der Waals surface area contributed by atoms with E-state index in [1.807, 2.05) is 0 Å². The van der Waals surface area contributed by atoms with Crippen LogP contribution < -0.4 is 5.43 Å². The summed E-state index contributed by atoms with van der Waals surface area (Å²) in [6, 6.07) is 5.26. The molecule has 7 nitrogen and oxygen atoms in total. The number of halogens is 2. The van der Waals surface area contributed by atoms with E-state index in [4.69, 9.17) is 23.2 Å². The Labute approximate surface area is 161 Å². The second-order valence-corrected chi connectivity index (χ2v) is 10.7. The minimum Gasteiger partial charge on any atom is -0.288 e. The first-order chi connectivity index (χ1) is 12.0. The zero-order valence-electron chi connectivity index (χ0n) is 13.7. The van der Waals surface area contributed by atoms with Gasteiger partial charge >= 0.3 is 0 Å². The van der Waals surface area contributed by atoms with Crippen LogP contribution in [-0.4, -0.2) is 32.8 Å². The Balaban J connectivity index is 2.25. The van der Waals surface area contributed by atoms with Crippen molar-refractivity contribution < 1.29 is 16.8 Å². The summed E-state index contributed by atoms with van der Waals surface area (Å²) < 4.78 is 48.5. The van der Waals surface area contributed by atoms with Crippen molar-refractivity contribution >= 4 is 42.9 Å². The summed E-state index contributed by atoms with van der Waals surface area (Å²) in [4.78, 5) is 12.1. The van der Waals surface area contributed by atoms with Crippen LogP contribution in [0, 0.1) is 0 Å². The summed E-state index contributed by atoms with van der Waals surface area (Å²) >= 11 is 11.7. The van der Waals surface area contributed by atoms with Crippen LogP contribution in [0.5, 0.6) is 0 Å². The third-order valence-corrected chi connectivity index (χ3v) is 7.07. The van der Waals surface area contributed by atoms with Crippen molar-refractivity contribution in [3.05, 3.63) is 55.8 Å². The predicted molar refractivity (Wildman–Crippen MR) is 100.0 cm³/mol. The number of hydrogen-bond donors (Lipinski definition) is 1. The average molecular weight is 439 g/mol. The van der Waals surface area contributed by atoms with Gasteiger partial charge in [-0.05, 0) is 30.2 Å². The van der Waals surface area contributed by atoms with E-state index in [1.54, 1.807) is 6.92 Å². The Morgan fingerprint density at radius 3 is 2.15 bits per heavy atom. The van der Waals surface area contributed by atoms with Crippen LogP contribution in [0.4, 0.5) is 0 Å². The normalized spacial score (nSPS) is 12.3. The number of nitrogens with zero attached hydrogens (tertiary/aromatic N) is 1. The number of rotatable bonds is 7. The number of hydrogen-bond acceptors (Lipinski definition) is 6. The predicted octanol–water partition coefficient (Wildman–Crippen LogP) is 2.38. The molecule has 26 heavy (non-hydrogen) atoms. The van der Waals surface area contributed by atoms with E-state index >= 15 is 0 Å². The van der Waals surface area contributed by atoms with E-state index in [2.05, 4.69) is 10.2 Å². The van der Waals surface area contributed by atoms with E-state index in [-0.39, 0.29) is 22.2 Å². The SMILES string of the molecule is CCCS(=O)(=O)c1cc(=O)c(CS(=O)(=O)Cc2cc(Cl)cc(Cl)c2)n[nH]1. The lowest BCUT2D eigenvalue weighted by Gasteiger charge is -2.06. The Hall–Kier alpha value is -1.42. The highest BCUT2D eigenvalue weighted by Gasteiger charge is 2.20. The molecule has 11 heteroatoms. The zero-order chi connectivity index (χ0) is 19.5. The number of aromatic nitrogens is 2. The van der Waals surface area contributed by atoms with Crippen molar-refractivity contribution in [3.8, 4) is 0 Å². The van der Waals surface area contributed by atoms with Crippen LogP contribution in [0.2, 0.25) is 10.0 Å². The monoisotopic (exact) mass is 438 g/mol. The highest BCUT2D eigenvalue weighted by molar-refractivity contribution is 7.91. The van der Waals surface area contributed by atoms with Gasteiger partial charge in [-0.25, -0.2) is 16.8 Å². The molecular formula is C15H16Cl2N2O5S2. The van der Waals surface area contributed by atoms with Crippen LogP contribution in [0.25, 0.3) is 0 Å². The van der Waals surface area contributed by atoms with Crippen LogP contribution in [0.15, 0.2) is 34.1 Å². The lowest BCUT2D eigenvalue weighted by Crippen LogP contribution is -2.21. The lowest BCUT2D eigenvalue weighted by molar-refractivity contribution is 0.587. The molecule has 0 aliphatic carbocycles. The van der Waals surface area contributed by atoms with Crippen LogP contribution in [0.3, 0.4) is 0 Å². The Kier molecular flexibility index (Phi) is 6.49. The van der Waals surface area contributed by atoms with Crippen molar-refractivity contribution in [3.63, 3.8) is 0 Å². The first-order valence-electron chi connectivity index (χ1n) is 7.49. The van der Waals surface area contributed by atoms with Gasteiger partial charge in [-0.2, -0.15) is 5.10 Å². The van der Waals surface area contributed by atoms with Crippen molar-refractivity contribution in [2.75, 3.05) is 5.75 Å². The van der Waals surface area contributed by atoms with Gasteiger partial charge in [0.25, 0.3) is 0 Å². The van der Waals surface area contributed by atoms with Crippen molar-refractivity contribution in [2.24, 2.45) is 0 Å². The quantitative estimate of drug-likeness (QED) is 0.709. The van der Waals surface area contributed by atoms with E-state index in [0.29, 0.717) is 22.0 Å². The zero-order valence-corrected chi connectivity index (χ0v) is 16.8. The van der Waals surface area contributed by atoms with Gasteiger partial charge < -0.3 is 0 Å². The maximum absolute atomic E-state index is 12.3. The first kappa shape index (κ1) is 20.9. The topological polar surface area (TPSA) is 114 Å². The van der Waals surface area contributed by atoms with Gasteiger partial charge in [0.1, 0.15) is 5.69 Å². The molecule has 0 aliphatic heterocycles. The molecule has 0 spiro atoms.